The molecule has 3 heterocycles. The summed E-state index contributed by atoms with van der Waals surface area (Å²) < 4.78 is 0. The van der Waals surface area contributed by atoms with Gasteiger partial charge in [0.2, 0.25) is 0 Å². The molecule has 0 aliphatic carbocycles. The molecular formula is C14H21N5S. The Morgan fingerprint density at radius 3 is 2.50 bits per heavy atom. The van der Waals surface area contributed by atoms with Crippen molar-refractivity contribution in [3.63, 3.8) is 0 Å². The number of aromatic nitrogens is 3. The predicted molar refractivity (Wildman–Crippen MR) is 82.4 cm³/mol. The van der Waals surface area contributed by atoms with E-state index in [2.05, 4.69) is 51.1 Å². The molecule has 1 fully saturated rings. The van der Waals surface area contributed by atoms with Crippen LogP contribution in [0.5, 0.6) is 0 Å². The van der Waals surface area contributed by atoms with Crippen molar-refractivity contribution in [1.29, 1.82) is 0 Å². The van der Waals surface area contributed by atoms with E-state index in [4.69, 9.17) is 0 Å². The monoisotopic (exact) mass is 291 g/mol. The molecule has 0 radical (unpaired) electrons. The van der Waals surface area contributed by atoms with Crippen LogP contribution in [-0.2, 0) is 6.54 Å². The summed E-state index contributed by atoms with van der Waals surface area (Å²) in [6, 6.07) is 0. The van der Waals surface area contributed by atoms with Gasteiger partial charge >= 0.3 is 0 Å². The zero-order chi connectivity index (χ0) is 14.1. The van der Waals surface area contributed by atoms with E-state index in [-0.39, 0.29) is 0 Å². The third kappa shape index (κ3) is 2.71. The summed E-state index contributed by atoms with van der Waals surface area (Å²) >= 11 is 1.73. The lowest BCUT2D eigenvalue weighted by Gasteiger charge is -2.35. The molecule has 2 aromatic heterocycles. The van der Waals surface area contributed by atoms with Crippen molar-refractivity contribution in [2.75, 3.05) is 31.1 Å². The number of hydrogen-bond donors (Lipinski definition) is 1. The van der Waals surface area contributed by atoms with Gasteiger partial charge in [-0.25, -0.2) is 4.98 Å². The molecule has 0 atom stereocenters. The lowest BCUT2D eigenvalue weighted by atomic mass is 10.2. The fraction of sp³-hybridized carbons (Fsp3) is 0.571. The van der Waals surface area contributed by atoms with E-state index in [1.165, 1.54) is 17.1 Å². The number of H-pyrrole nitrogens is 1. The van der Waals surface area contributed by atoms with Crippen molar-refractivity contribution >= 4 is 17.0 Å². The normalized spacial score (nSPS) is 16.9. The first-order valence-corrected chi connectivity index (χ1v) is 7.91. The van der Waals surface area contributed by atoms with Gasteiger partial charge in [0.1, 0.15) is 0 Å². The molecule has 0 spiro atoms. The number of piperazine rings is 1. The number of nitrogens with zero attached hydrogens (tertiary/aromatic N) is 4. The molecule has 6 heteroatoms. The largest absolute Gasteiger partial charge is 0.366 e. The Morgan fingerprint density at radius 1 is 1.20 bits per heavy atom. The van der Waals surface area contributed by atoms with Gasteiger partial charge in [0.25, 0.3) is 0 Å². The number of aromatic amines is 1. The van der Waals surface area contributed by atoms with E-state index < -0.39 is 0 Å². The van der Waals surface area contributed by atoms with E-state index in [0.717, 1.165) is 43.4 Å². The molecular weight excluding hydrogens is 270 g/mol. The topological polar surface area (TPSA) is 48.1 Å². The average Bonchev–Trinajstić information content (AvgIpc) is 2.98. The number of hydrogen-bond acceptors (Lipinski definition) is 5. The molecule has 1 saturated heterocycles. The van der Waals surface area contributed by atoms with Gasteiger partial charge in [-0.1, -0.05) is 0 Å². The van der Waals surface area contributed by atoms with Crippen LogP contribution >= 0.6 is 11.3 Å². The number of rotatable bonds is 3. The van der Waals surface area contributed by atoms with Crippen LogP contribution in [0, 0.1) is 20.8 Å². The standard InChI is InChI=1S/C14H21N5S/c1-10-14(11(2)17-16-10)19-6-4-18(5-7-19)8-13-9-20-12(3)15-13/h9H,4-8H2,1-3H3,(H,16,17). The Hall–Kier alpha value is -1.40. The second-order valence-electron chi connectivity index (χ2n) is 5.40. The predicted octanol–water partition coefficient (Wildman–Crippen LogP) is 2.11. The molecule has 108 valence electrons. The summed E-state index contributed by atoms with van der Waals surface area (Å²) in [5, 5.41) is 10.7. The van der Waals surface area contributed by atoms with Gasteiger partial charge in [-0.15, -0.1) is 11.3 Å². The minimum atomic E-state index is 0.974. The molecule has 0 bridgehead atoms. The Balaban J connectivity index is 1.60. The average molecular weight is 291 g/mol. The van der Waals surface area contributed by atoms with Crippen LogP contribution in [0.3, 0.4) is 0 Å². The van der Waals surface area contributed by atoms with Crippen LogP contribution in [0.4, 0.5) is 5.69 Å². The first kappa shape index (κ1) is 13.6. The lowest BCUT2D eigenvalue weighted by Crippen LogP contribution is -2.46. The van der Waals surface area contributed by atoms with Crippen molar-refractivity contribution in [3.8, 4) is 0 Å². The Labute approximate surface area is 123 Å². The number of nitrogens with one attached hydrogen (secondary N) is 1. The second-order valence-corrected chi connectivity index (χ2v) is 6.47. The van der Waals surface area contributed by atoms with Crippen LogP contribution in [0.25, 0.3) is 0 Å². The van der Waals surface area contributed by atoms with E-state index in [1.807, 2.05) is 0 Å². The highest BCUT2D eigenvalue weighted by atomic mass is 32.1. The van der Waals surface area contributed by atoms with Gasteiger partial charge in [-0.05, 0) is 20.8 Å². The Kier molecular flexibility index (Phi) is 3.76. The molecule has 0 saturated carbocycles. The maximum Gasteiger partial charge on any atom is 0.0897 e. The van der Waals surface area contributed by atoms with Crippen molar-refractivity contribution < 1.29 is 0 Å². The molecule has 0 aromatic carbocycles. The third-order valence-corrected chi connectivity index (χ3v) is 4.65. The first-order valence-electron chi connectivity index (χ1n) is 7.03. The molecule has 1 N–H and O–H groups in total. The van der Waals surface area contributed by atoms with Gasteiger partial charge in [0, 0.05) is 38.1 Å². The number of aryl methyl sites for hydroxylation is 3. The van der Waals surface area contributed by atoms with Gasteiger partial charge in [0.05, 0.1) is 27.8 Å². The summed E-state index contributed by atoms with van der Waals surface area (Å²) in [4.78, 5) is 9.47. The van der Waals surface area contributed by atoms with Gasteiger partial charge in [-0.2, -0.15) is 5.10 Å². The van der Waals surface area contributed by atoms with Gasteiger partial charge in [-0.3, -0.25) is 10.00 Å². The summed E-state index contributed by atoms with van der Waals surface area (Å²) in [6.45, 7) is 11.5. The van der Waals surface area contributed by atoms with E-state index >= 15 is 0 Å². The van der Waals surface area contributed by atoms with Crippen LogP contribution in [-0.4, -0.2) is 46.3 Å². The second kappa shape index (κ2) is 5.54. The third-order valence-electron chi connectivity index (χ3n) is 3.83. The number of anilines is 1. The zero-order valence-electron chi connectivity index (χ0n) is 12.3. The lowest BCUT2D eigenvalue weighted by molar-refractivity contribution is 0.247. The molecule has 3 rings (SSSR count). The fourth-order valence-corrected chi connectivity index (χ4v) is 3.45. The van der Waals surface area contributed by atoms with Crippen LogP contribution in [0.2, 0.25) is 0 Å². The van der Waals surface area contributed by atoms with Gasteiger partial charge in [0.15, 0.2) is 0 Å². The maximum absolute atomic E-state index is 4.55. The quantitative estimate of drug-likeness (QED) is 0.941. The van der Waals surface area contributed by atoms with E-state index in [9.17, 15) is 0 Å². The van der Waals surface area contributed by atoms with Crippen molar-refractivity contribution in [1.82, 2.24) is 20.1 Å². The van der Waals surface area contributed by atoms with Crippen LogP contribution < -0.4 is 4.90 Å². The highest BCUT2D eigenvalue weighted by Gasteiger charge is 2.21. The highest BCUT2D eigenvalue weighted by Crippen LogP contribution is 2.23. The minimum Gasteiger partial charge on any atom is -0.366 e. The fourth-order valence-electron chi connectivity index (χ4n) is 2.85. The Bertz CT molecular complexity index is 561. The molecule has 20 heavy (non-hydrogen) atoms. The summed E-state index contributed by atoms with van der Waals surface area (Å²) in [5.41, 5.74) is 4.77. The molecule has 0 unspecified atom stereocenters. The highest BCUT2D eigenvalue weighted by molar-refractivity contribution is 7.09. The SMILES string of the molecule is Cc1nc(CN2CCN(c3c(C)n[nH]c3C)CC2)cs1. The minimum absolute atomic E-state index is 0.974. The zero-order valence-corrected chi connectivity index (χ0v) is 13.1. The van der Waals surface area contributed by atoms with Crippen LogP contribution in [0.15, 0.2) is 5.38 Å². The summed E-state index contributed by atoms with van der Waals surface area (Å²) in [7, 11) is 0. The summed E-state index contributed by atoms with van der Waals surface area (Å²) in [5.74, 6) is 0. The van der Waals surface area contributed by atoms with E-state index in [0.29, 0.717) is 0 Å². The summed E-state index contributed by atoms with van der Waals surface area (Å²) in [6.07, 6.45) is 0. The van der Waals surface area contributed by atoms with Crippen LogP contribution in [0.1, 0.15) is 22.1 Å². The molecule has 1 aliphatic rings. The Morgan fingerprint density at radius 2 is 1.95 bits per heavy atom. The molecule has 0 amide bonds. The van der Waals surface area contributed by atoms with E-state index in [1.54, 1.807) is 11.3 Å². The molecule has 1 aliphatic heterocycles. The number of thiazole rings is 1. The molecule has 2 aromatic rings. The van der Waals surface area contributed by atoms with Crippen molar-refractivity contribution in [3.05, 3.63) is 27.5 Å². The maximum atomic E-state index is 4.55. The van der Waals surface area contributed by atoms with Gasteiger partial charge < -0.3 is 4.90 Å². The molecule has 5 nitrogen and oxygen atoms in total. The van der Waals surface area contributed by atoms with Crippen molar-refractivity contribution in [2.45, 2.75) is 27.3 Å². The first-order chi connectivity index (χ1) is 9.63. The van der Waals surface area contributed by atoms with Crippen molar-refractivity contribution in [2.24, 2.45) is 0 Å². The smallest absolute Gasteiger partial charge is 0.0897 e.